The molecular formula is C17H18F2N2. The second kappa shape index (κ2) is 6.33. The first-order chi connectivity index (χ1) is 10.2. The predicted molar refractivity (Wildman–Crippen MR) is 79.9 cm³/mol. The van der Waals surface area contributed by atoms with Crippen LogP contribution in [0.1, 0.15) is 5.56 Å². The third-order valence-electron chi connectivity index (χ3n) is 3.84. The molecule has 0 bridgehead atoms. The molecule has 0 amide bonds. The van der Waals surface area contributed by atoms with Crippen molar-refractivity contribution >= 4 is 0 Å². The summed E-state index contributed by atoms with van der Waals surface area (Å²) in [5, 5.41) is 3.30. The molecule has 0 aromatic heterocycles. The van der Waals surface area contributed by atoms with E-state index in [0.29, 0.717) is 17.7 Å². The van der Waals surface area contributed by atoms with E-state index in [0.717, 1.165) is 31.7 Å². The van der Waals surface area contributed by atoms with E-state index in [4.69, 9.17) is 0 Å². The first-order valence-electron chi connectivity index (χ1n) is 7.20. The molecule has 0 saturated carbocycles. The largest absolute Gasteiger partial charge is 0.314 e. The van der Waals surface area contributed by atoms with Crippen molar-refractivity contribution in [1.29, 1.82) is 0 Å². The molecule has 3 rings (SSSR count). The number of halogens is 2. The van der Waals surface area contributed by atoms with Crippen LogP contribution in [0.5, 0.6) is 0 Å². The Hall–Kier alpha value is -1.78. The molecule has 0 spiro atoms. The molecule has 0 radical (unpaired) electrons. The molecule has 1 heterocycles. The number of hydrogen-bond acceptors (Lipinski definition) is 2. The monoisotopic (exact) mass is 288 g/mol. The summed E-state index contributed by atoms with van der Waals surface area (Å²) >= 11 is 0. The van der Waals surface area contributed by atoms with Crippen molar-refractivity contribution in [2.45, 2.75) is 6.54 Å². The van der Waals surface area contributed by atoms with Gasteiger partial charge in [0.05, 0.1) is 0 Å². The van der Waals surface area contributed by atoms with Crippen LogP contribution in [-0.4, -0.2) is 31.1 Å². The lowest BCUT2D eigenvalue weighted by molar-refractivity contribution is 0.233. The van der Waals surface area contributed by atoms with Gasteiger partial charge >= 0.3 is 0 Å². The van der Waals surface area contributed by atoms with Gasteiger partial charge in [-0.15, -0.1) is 0 Å². The van der Waals surface area contributed by atoms with Crippen molar-refractivity contribution in [3.05, 3.63) is 59.7 Å². The highest BCUT2D eigenvalue weighted by molar-refractivity contribution is 5.68. The van der Waals surface area contributed by atoms with Gasteiger partial charge < -0.3 is 5.32 Å². The highest BCUT2D eigenvalue weighted by atomic mass is 19.1. The predicted octanol–water partition coefficient (Wildman–Crippen LogP) is 3.04. The Morgan fingerprint density at radius 2 is 1.71 bits per heavy atom. The van der Waals surface area contributed by atoms with Gasteiger partial charge in [0.1, 0.15) is 11.6 Å². The fourth-order valence-corrected chi connectivity index (χ4v) is 2.73. The zero-order chi connectivity index (χ0) is 14.7. The molecule has 0 unspecified atom stereocenters. The molecule has 110 valence electrons. The molecule has 0 aliphatic carbocycles. The second-order valence-corrected chi connectivity index (χ2v) is 5.31. The minimum absolute atomic E-state index is 0.315. The van der Waals surface area contributed by atoms with Gasteiger partial charge in [-0.1, -0.05) is 24.3 Å². The van der Waals surface area contributed by atoms with Crippen LogP contribution in [0.4, 0.5) is 8.78 Å². The summed E-state index contributed by atoms with van der Waals surface area (Å²) in [5.74, 6) is -0.651. The molecule has 1 saturated heterocycles. The van der Waals surface area contributed by atoms with Crippen LogP contribution in [-0.2, 0) is 6.54 Å². The van der Waals surface area contributed by atoms with Crippen molar-refractivity contribution < 1.29 is 8.78 Å². The van der Waals surface area contributed by atoms with E-state index in [1.807, 2.05) is 0 Å². The van der Waals surface area contributed by atoms with Gasteiger partial charge in [-0.05, 0) is 29.3 Å². The summed E-state index contributed by atoms with van der Waals surface area (Å²) in [7, 11) is 0. The van der Waals surface area contributed by atoms with Crippen LogP contribution in [0.15, 0.2) is 42.5 Å². The quantitative estimate of drug-likeness (QED) is 0.934. The maximum atomic E-state index is 14.0. The molecule has 1 fully saturated rings. The minimum atomic E-state index is -0.336. The van der Waals surface area contributed by atoms with Crippen LogP contribution in [0.25, 0.3) is 11.1 Å². The van der Waals surface area contributed by atoms with E-state index in [1.54, 1.807) is 24.3 Å². The Labute approximate surface area is 123 Å². The van der Waals surface area contributed by atoms with Crippen LogP contribution < -0.4 is 5.32 Å². The third-order valence-corrected chi connectivity index (χ3v) is 3.84. The van der Waals surface area contributed by atoms with E-state index in [9.17, 15) is 8.78 Å². The topological polar surface area (TPSA) is 15.3 Å². The third kappa shape index (κ3) is 3.28. The molecule has 0 atom stereocenters. The smallest absolute Gasteiger partial charge is 0.131 e. The average molecular weight is 288 g/mol. The standard InChI is InChI=1S/C17H18F2N2/c18-14-6-5-13(12-21-9-7-20-8-10-21)16(11-14)15-3-1-2-4-17(15)19/h1-6,11,20H,7-10,12H2. The van der Waals surface area contributed by atoms with E-state index in [-0.39, 0.29) is 11.6 Å². The molecule has 1 aliphatic rings. The Balaban J connectivity index is 1.95. The van der Waals surface area contributed by atoms with E-state index in [1.165, 1.54) is 18.2 Å². The zero-order valence-electron chi connectivity index (χ0n) is 11.8. The summed E-state index contributed by atoms with van der Waals surface area (Å²) in [6.45, 7) is 4.53. The first-order valence-corrected chi connectivity index (χ1v) is 7.20. The molecule has 4 heteroatoms. The molecule has 1 aliphatic heterocycles. The van der Waals surface area contributed by atoms with Crippen LogP contribution in [0.2, 0.25) is 0 Å². The van der Waals surface area contributed by atoms with Gasteiger partial charge in [0.2, 0.25) is 0 Å². The van der Waals surface area contributed by atoms with E-state index >= 15 is 0 Å². The van der Waals surface area contributed by atoms with Gasteiger partial charge in [0, 0.05) is 38.3 Å². The Bertz CT molecular complexity index is 622. The Morgan fingerprint density at radius 3 is 2.48 bits per heavy atom. The lowest BCUT2D eigenvalue weighted by atomic mass is 9.98. The maximum absolute atomic E-state index is 14.0. The SMILES string of the molecule is Fc1ccc(CN2CCNCC2)c(-c2ccccc2F)c1. The Morgan fingerprint density at radius 1 is 0.952 bits per heavy atom. The van der Waals surface area contributed by atoms with Gasteiger partial charge in [-0.2, -0.15) is 0 Å². The summed E-state index contributed by atoms with van der Waals surface area (Å²) in [5.41, 5.74) is 2.07. The number of benzene rings is 2. The molecule has 21 heavy (non-hydrogen) atoms. The summed E-state index contributed by atoms with van der Waals surface area (Å²) in [4.78, 5) is 2.30. The minimum Gasteiger partial charge on any atom is -0.314 e. The van der Waals surface area contributed by atoms with Crippen LogP contribution in [0.3, 0.4) is 0 Å². The summed E-state index contributed by atoms with van der Waals surface area (Å²) in [6.07, 6.45) is 0. The number of rotatable bonds is 3. The van der Waals surface area contributed by atoms with Gasteiger partial charge in [0.25, 0.3) is 0 Å². The van der Waals surface area contributed by atoms with Gasteiger partial charge in [-0.3, -0.25) is 4.90 Å². The molecule has 2 aromatic rings. The second-order valence-electron chi connectivity index (χ2n) is 5.31. The average Bonchev–Trinajstić information content (AvgIpc) is 2.51. The van der Waals surface area contributed by atoms with Crippen molar-refractivity contribution in [2.24, 2.45) is 0 Å². The van der Waals surface area contributed by atoms with Crippen molar-refractivity contribution in [3.8, 4) is 11.1 Å². The number of hydrogen-bond donors (Lipinski definition) is 1. The maximum Gasteiger partial charge on any atom is 0.131 e. The fourth-order valence-electron chi connectivity index (χ4n) is 2.73. The fraction of sp³-hybridized carbons (Fsp3) is 0.294. The molecule has 2 nitrogen and oxygen atoms in total. The van der Waals surface area contributed by atoms with Crippen LogP contribution in [0, 0.1) is 11.6 Å². The Kier molecular flexibility index (Phi) is 4.27. The first kappa shape index (κ1) is 14.2. The lowest BCUT2D eigenvalue weighted by Gasteiger charge is -2.28. The van der Waals surface area contributed by atoms with Crippen LogP contribution >= 0.6 is 0 Å². The number of nitrogens with zero attached hydrogens (tertiary/aromatic N) is 1. The molecule has 1 N–H and O–H groups in total. The highest BCUT2D eigenvalue weighted by Gasteiger charge is 2.15. The summed E-state index contributed by atoms with van der Waals surface area (Å²) < 4.78 is 27.6. The molecular weight excluding hydrogens is 270 g/mol. The number of piperazine rings is 1. The van der Waals surface area contributed by atoms with Gasteiger partial charge in [0.15, 0.2) is 0 Å². The molecule has 2 aromatic carbocycles. The number of nitrogens with one attached hydrogen (secondary N) is 1. The normalized spacial score (nSPS) is 16.1. The van der Waals surface area contributed by atoms with Gasteiger partial charge in [-0.25, -0.2) is 8.78 Å². The lowest BCUT2D eigenvalue weighted by Crippen LogP contribution is -2.42. The van der Waals surface area contributed by atoms with E-state index in [2.05, 4.69) is 10.2 Å². The van der Waals surface area contributed by atoms with Crippen molar-refractivity contribution in [2.75, 3.05) is 26.2 Å². The van der Waals surface area contributed by atoms with Crippen molar-refractivity contribution in [3.63, 3.8) is 0 Å². The van der Waals surface area contributed by atoms with E-state index < -0.39 is 0 Å². The zero-order valence-corrected chi connectivity index (χ0v) is 11.8. The highest BCUT2D eigenvalue weighted by Crippen LogP contribution is 2.28. The summed E-state index contributed by atoms with van der Waals surface area (Å²) in [6, 6.07) is 11.2. The van der Waals surface area contributed by atoms with Crippen molar-refractivity contribution in [1.82, 2.24) is 10.2 Å².